The summed E-state index contributed by atoms with van der Waals surface area (Å²) < 4.78 is 9.68. The van der Waals surface area contributed by atoms with Gasteiger partial charge in [-0.2, -0.15) is 0 Å². The van der Waals surface area contributed by atoms with Crippen molar-refractivity contribution in [1.82, 2.24) is 10.2 Å². The smallest absolute Gasteiger partial charge is 0.434 e. The van der Waals surface area contributed by atoms with Gasteiger partial charge in [-0.25, -0.2) is 4.79 Å². The van der Waals surface area contributed by atoms with Gasteiger partial charge in [0, 0.05) is 31.6 Å². The third-order valence-electron chi connectivity index (χ3n) is 4.68. The first-order chi connectivity index (χ1) is 13.4. The number of ether oxygens (including phenoxy) is 2. The molecule has 1 aliphatic rings. The number of carbonyl (C=O) groups is 3. The first-order valence-corrected chi connectivity index (χ1v) is 9.89. The Morgan fingerprint density at radius 2 is 1.79 bits per heavy atom. The quantitative estimate of drug-likeness (QED) is 0.571. The first-order valence-electron chi connectivity index (χ1n) is 9.89. The Morgan fingerprint density at radius 1 is 1.14 bits per heavy atom. The lowest BCUT2D eigenvalue weighted by Gasteiger charge is -2.32. The SMILES string of the molecule is CCOC(=O)Oc1ccc(C(=O)NCC2CCN(C(=O)CC(C)C)CC2)cc1. The summed E-state index contributed by atoms with van der Waals surface area (Å²) in [5, 5.41) is 2.95. The van der Waals surface area contributed by atoms with Crippen LogP contribution in [0.2, 0.25) is 0 Å². The summed E-state index contributed by atoms with van der Waals surface area (Å²) in [5.41, 5.74) is 0.501. The van der Waals surface area contributed by atoms with Crippen LogP contribution >= 0.6 is 0 Å². The van der Waals surface area contributed by atoms with E-state index in [1.165, 1.54) is 0 Å². The van der Waals surface area contributed by atoms with Gasteiger partial charge in [0.25, 0.3) is 5.91 Å². The minimum atomic E-state index is -0.766. The largest absolute Gasteiger partial charge is 0.513 e. The fraction of sp³-hybridized carbons (Fsp3) is 0.571. The molecule has 7 nitrogen and oxygen atoms in total. The number of nitrogens with one attached hydrogen (secondary N) is 1. The van der Waals surface area contributed by atoms with Crippen LogP contribution in [0.15, 0.2) is 24.3 Å². The van der Waals surface area contributed by atoms with Crippen molar-refractivity contribution in [3.05, 3.63) is 29.8 Å². The van der Waals surface area contributed by atoms with E-state index >= 15 is 0 Å². The molecular weight excluding hydrogens is 360 g/mol. The van der Waals surface area contributed by atoms with E-state index in [4.69, 9.17) is 9.47 Å². The molecule has 0 unspecified atom stereocenters. The fourth-order valence-corrected chi connectivity index (χ4v) is 3.12. The van der Waals surface area contributed by atoms with Gasteiger partial charge >= 0.3 is 6.16 Å². The Morgan fingerprint density at radius 3 is 2.36 bits per heavy atom. The van der Waals surface area contributed by atoms with E-state index in [-0.39, 0.29) is 18.4 Å². The molecule has 0 aromatic heterocycles. The zero-order valence-corrected chi connectivity index (χ0v) is 16.9. The van der Waals surface area contributed by atoms with Gasteiger partial charge < -0.3 is 19.7 Å². The molecule has 1 aromatic rings. The summed E-state index contributed by atoms with van der Waals surface area (Å²) >= 11 is 0. The van der Waals surface area contributed by atoms with Gasteiger partial charge in [-0.05, 0) is 55.9 Å². The van der Waals surface area contributed by atoms with Gasteiger partial charge in [-0.15, -0.1) is 0 Å². The van der Waals surface area contributed by atoms with Crippen molar-refractivity contribution in [3.63, 3.8) is 0 Å². The molecule has 0 spiro atoms. The second-order valence-electron chi connectivity index (χ2n) is 7.44. The lowest BCUT2D eigenvalue weighted by atomic mass is 9.96. The zero-order valence-electron chi connectivity index (χ0n) is 16.9. The van der Waals surface area contributed by atoms with Crippen LogP contribution < -0.4 is 10.1 Å². The van der Waals surface area contributed by atoms with Crippen LogP contribution in [-0.2, 0) is 9.53 Å². The van der Waals surface area contributed by atoms with Gasteiger partial charge in [0.05, 0.1) is 6.61 Å². The van der Waals surface area contributed by atoms with E-state index in [9.17, 15) is 14.4 Å². The van der Waals surface area contributed by atoms with Crippen LogP contribution in [-0.4, -0.2) is 49.1 Å². The third kappa shape index (κ3) is 6.87. The Kier molecular flexibility index (Phi) is 8.29. The molecule has 0 bridgehead atoms. The van der Waals surface area contributed by atoms with Crippen molar-refractivity contribution >= 4 is 18.0 Å². The van der Waals surface area contributed by atoms with Gasteiger partial charge in [0.15, 0.2) is 0 Å². The first kappa shape index (κ1) is 21.7. The highest BCUT2D eigenvalue weighted by molar-refractivity contribution is 5.94. The van der Waals surface area contributed by atoms with Crippen molar-refractivity contribution in [2.75, 3.05) is 26.2 Å². The van der Waals surface area contributed by atoms with Crippen LogP contribution in [0, 0.1) is 11.8 Å². The van der Waals surface area contributed by atoms with Gasteiger partial charge in [0.1, 0.15) is 5.75 Å². The Labute approximate surface area is 166 Å². The summed E-state index contributed by atoms with van der Waals surface area (Å²) in [6, 6.07) is 6.34. The van der Waals surface area contributed by atoms with Crippen LogP contribution in [0.4, 0.5) is 4.79 Å². The molecule has 0 atom stereocenters. The van der Waals surface area contributed by atoms with E-state index in [1.54, 1.807) is 31.2 Å². The average molecular weight is 390 g/mol. The van der Waals surface area contributed by atoms with Crippen molar-refractivity contribution in [2.45, 2.75) is 40.0 Å². The number of rotatable bonds is 7. The van der Waals surface area contributed by atoms with E-state index in [2.05, 4.69) is 19.2 Å². The maximum atomic E-state index is 12.3. The molecule has 1 heterocycles. The second kappa shape index (κ2) is 10.7. The molecule has 154 valence electrons. The van der Waals surface area contributed by atoms with Crippen molar-refractivity contribution in [3.8, 4) is 5.75 Å². The van der Waals surface area contributed by atoms with E-state index in [1.807, 2.05) is 4.90 Å². The summed E-state index contributed by atoms with van der Waals surface area (Å²) in [6.07, 6.45) is 1.63. The molecule has 0 saturated carbocycles. The van der Waals surface area contributed by atoms with Gasteiger partial charge in [-0.1, -0.05) is 13.8 Å². The average Bonchev–Trinajstić information content (AvgIpc) is 2.66. The molecule has 2 amide bonds. The van der Waals surface area contributed by atoms with Crippen molar-refractivity contribution in [1.29, 1.82) is 0 Å². The van der Waals surface area contributed by atoms with Crippen LogP contribution in [0.1, 0.15) is 50.4 Å². The molecule has 1 aromatic carbocycles. The molecule has 2 rings (SSSR count). The third-order valence-corrected chi connectivity index (χ3v) is 4.68. The van der Waals surface area contributed by atoms with Crippen LogP contribution in [0.25, 0.3) is 0 Å². The second-order valence-corrected chi connectivity index (χ2v) is 7.44. The normalized spacial score (nSPS) is 14.6. The van der Waals surface area contributed by atoms with Crippen LogP contribution in [0.3, 0.4) is 0 Å². The maximum Gasteiger partial charge on any atom is 0.513 e. The molecule has 0 radical (unpaired) electrons. The van der Waals surface area contributed by atoms with E-state index in [0.29, 0.717) is 36.1 Å². The van der Waals surface area contributed by atoms with Gasteiger partial charge in [0.2, 0.25) is 5.91 Å². The summed E-state index contributed by atoms with van der Waals surface area (Å²) in [6.45, 7) is 8.14. The minimum Gasteiger partial charge on any atom is -0.434 e. The summed E-state index contributed by atoms with van der Waals surface area (Å²) in [7, 11) is 0. The predicted molar refractivity (Wildman–Crippen MR) is 105 cm³/mol. The molecule has 7 heteroatoms. The maximum absolute atomic E-state index is 12.3. The molecule has 1 fully saturated rings. The topological polar surface area (TPSA) is 84.9 Å². The molecule has 1 N–H and O–H groups in total. The Balaban J connectivity index is 1.74. The number of likely N-dealkylation sites (tertiary alicyclic amines) is 1. The van der Waals surface area contributed by atoms with E-state index in [0.717, 1.165) is 25.9 Å². The molecular formula is C21H30N2O5. The number of hydrogen-bond donors (Lipinski definition) is 1. The molecule has 28 heavy (non-hydrogen) atoms. The van der Waals surface area contributed by atoms with Gasteiger partial charge in [-0.3, -0.25) is 9.59 Å². The Bertz CT molecular complexity index is 664. The number of carbonyl (C=O) groups excluding carboxylic acids is 3. The van der Waals surface area contributed by atoms with Crippen LogP contribution in [0.5, 0.6) is 5.75 Å². The standard InChI is InChI=1S/C21H30N2O5/c1-4-27-21(26)28-18-7-5-17(6-8-18)20(25)22-14-16-9-11-23(12-10-16)19(24)13-15(2)3/h5-8,15-16H,4,9-14H2,1-3H3,(H,22,25). The van der Waals surface area contributed by atoms with E-state index < -0.39 is 6.16 Å². The Hall–Kier alpha value is -2.57. The highest BCUT2D eigenvalue weighted by Gasteiger charge is 2.23. The highest BCUT2D eigenvalue weighted by atomic mass is 16.7. The lowest BCUT2D eigenvalue weighted by Crippen LogP contribution is -2.41. The lowest BCUT2D eigenvalue weighted by molar-refractivity contribution is -0.133. The monoisotopic (exact) mass is 390 g/mol. The van der Waals surface area contributed by atoms with Crippen molar-refractivity contribution < 1.29 is 23.9 Å². The number of benzene rings is 1. The number of piperidine rings is 1. The zero-order chi connectivity index (χ0) is 20.5. The molecule has 0 aliphatic carbocycles. The number of amides is 2. The number of hydrogen-bond acceptors (Lipinski definition) is 5. The highest BCUT2D eigenvalue weighted by Crippen LogP contribution is 2.19. The fourth-order valence-electron chi connectivity index (χ4n) is 3.12. The minimum absolute atomic E-state index is 0.166. The summed E-state index contributed by atoms with van der Waals surface area (Å²) in [5.74, 6) is 1.13. The molecule has 1 saturated heterocycles. The predicted octanol–water partition coefficient (Wildman–Crippen LogP) is 3.24. The summed E-state index contributed by atoms with van der Waals surface area (Å²) in [4.78, 5) is 37.6. The molecule has 1 aliphatic heterocycles. The number of nitrogens with zero attached hydrogens (tertiary/aromatic N) is 1. The van der Waals surface area contributed by atoms with Crippen molar-refractivity contribution in [2.24, 2.45) is 11.8 Å².